The zero-order chi connectivity index (χ0) is 20.2. The molecule has 4 saturated carbocycles. The molecule has 6 atom stereocenters. The van der Waals surface area contributed by atoms with Gasteiger partial charge in [-0.2, -0.15) is 15.3 Å². The van der Waals surface area contributed by atoms with Crippen molar-refractivity contribution in [2.75, 3.05) is 0 Å². The van der Waals surface area contributed by atoms with Gasteiger partial charge in [0.25, 0.3) is 0 Å². The number of aryl methyl sites for hydroxylation is 1. The third kappa shape index (κ3) is 2.96. The lowest BCUT2D eigenvalue weighted by atomic mass is 9.45. The molecule has 0 bridgehead atoms. The predicted octanol–water partition coefficient (Wildman–Crippen LogP) is 5.94. The lowest BCUT2D eigenvalue weighted by molar-refractivity contribution is -0.0936. The van der Waals surface area contributed by atoms with Gasteiger partial charge >= 0.3 is 0 Å². The zero-order valence-corrected chi connectivity index (χ0v) is 18.8. The highest BCUT2D eigenvalue weighted by Gasteiger charge is 2.58. The summed E-state index contributed by atoms with van der Waals surface area (Å²) in [5.74, 6) is 3.71. The second kappa shape index (κ2) is 7.06. The minimum atomic E-state index is 0.278. The van der Waals surface area contributed by atoms with E-state index in [9.17, 15) is 0 Å². The first-order valence-corrected chi connectivity index (χ1v) is 12.0. The fraction of sp³-hybridized carbons (Fsp3) is 0.800. The second-order valence-electron chi connectivity index (χ2n) is 11.0. The summed E-state index contributed by atoms with van der Waals surface area (Å²) in [7, 11) is 1.97. The van der Waals surface area contributed by atoms with E-state index in [4.69, 9.17) is 5.10 Å². The first kappa shape index (κ1) is 19.5. The highest BCUT2D eigenvalue weighted by molar-refractivity contribution is 5.93. The maximum absolute atomic E-state index is 4.81. The van der Waals surface area contributed by atoms with Crippen molar-refractivity contribution in [1.29, 1.82) is 0 Å². The van der Waals surface area contributed by atoms with Gasteiger partial charge in [-0.05, 0) is 87.4 Å². The maximum atomic E-state index is 4.81. The van der Waals surface area contributed by atoms with Gasteiger partial charge in [-0.1, -0.05) is 26.7 Å². The lowest BCUT2D eigenvalue weighted by Crippen LogP contribution is -2.52. The fourth-order valence-electron chi connectivity index (χ4n) is 8.05. The Balaban J connectivity index is 1.37. The molecular weight excluding hydrogens is 356 g/mol. The van der Waals surface area contributed by atoms with E-state index in [0.29, 0.717) is 5.41 Å². The molecule has 1 heterocycles. The normalized spacial score (nSPS) is 43.4. The minimum absolute atomic E-state index is 0.278. The summed E-state index contributed by atoms with van der Waals surface area (Å²) in [6.45, 7) is 7.26. The van der Waals surface area contributed by atoms with Gasteiger partial charge in [-0.25, -0.2) is 0 Å². The topological polar surface area (TPSA) is 42.5 Å². The minimum Gasteiger partial charge on any atom is -0.272 e. The zero-order valence-electron chi connectivity index (χ0n) is 18.8. The Morgan fingerprint density at radius 2 is 1.93 bits per heavy atom. The van der Waals surface area contributed by atoms with Crippen LogP contribution in [0.2, 0.25) is 0 Å². The molecule has 0 aromatic carbocycles. The van der Waals surface area contributed by atoms with Crippen LogP contribution in [-0.4, -0.2) is 21.7 Å². The summed E-state index contributed by atoms with van der Waals surface area (Å²) >= 11 is 0. The van der Waals surface area contributed by atoms with E-state index in [2.05, 4.69) is 31.0 Å². The molecule has 158 valence electrons. The summed E-state index contributed by atoms with van der Waals surface area (Å²) in [5, 5.41) is 13.6. The Morgan fingerprint density at radius 1 is 1.07 bits per heavy atom. The van der Waals surface area contributed by atoms with Crippen molar-refractivity contribution >= 4 is 11.9 Å². The van der Waals surface area contributed by atoms with Crippen LogP contribution in [0.25, 0.3) is 0 Å². The number of hydrogen-bond donors (Lipinski definition) is 0. The van der Waals surface area contributed by atoms with Crippen LogP contribution in [0.3, 0.4) is 0 Å². The SMILES string of the molecule is Cc1c(/C=N\N=C2\CC[C@@H]3[C@H]4CC[C@H]5CCCC[C@]5(C)[C@@H]4CC[C@@]23C)cnn1C. The van der Waals surface area contributed by atoms with E-state index < -0.39 is 0 Å². The van der Waals surface area contributed by atoms with E-state index in [1.54, 1.807) is 0 Å². The number of nitrogens with zero attached hydrogens (tertiary/aromatic N) is 4. The van der Waals surface area contributed by atoms with E-state index >= 15 is 0 Å². The molecule has 4 aliphatic carbocycles. The van der Waals surface area contributed by atoms with Gasteiger partial charge in [0.15, 0.2) is 0 Å². The van der Waals surface area contributed by atoms with Crippen LogP contribution < -0.4 is 0 Å². The van der Waals surface area contributed by atoms with Crippen molar-refractivity contribution in [3.63, 3.8) is 0 Å². The van der Waals surface area contributed by atoms with Gasteiger partial charge in [-0.15, -0.1) is 0 Å². The van der Waals surface area contributed by atoms with Gasteiger partial charge in [0.1, 0.15) is 0 Å². The largest absolute Gasteiger partial charge is 0.272 e. The maximum Gasteiger partial charge on any atom is 0.0602 e. The van der Waals surface area contributed by atoms with Gasteiger partial charge in [0, 0.05) is 29.4 Å². The smallest absolute Gasteiger partial charge is 0.0602 e. The molecule has 0 saturated heterocycles. The third-order valence-corrected chi connectivity index (χ3v) is 9.97. The van der Waals surface area contributed by atoms with Crippen LogP contribution >= 0.6 is 0 Å². The lowest BCUT2D eigenvalue weighted by Gasteiger charge is -2.59. The molecule has 4 aliphatic rings. The monoisotopic (exact) mass is 394 g/mol. The Morgan fingerprint density at radius 3 is 2.72 bits per heavy atom. The summed E-state index contributed by atoms with van der Waals surface area (Å²) < 4.78 is 1.89. The van der Waals surface area contributed by atoms with Crippen molar-refractivity contribution in [1.82, 2.24) is 9.78 Å². The van der Waals surface area contributed by atoms with Crippen molar-refractivity contribution < 1.29 is 0 Å². The number of rotatable bonds is 2. The summed E-state index contributed by atoms with van der Waals surface area (Å²) in [6.07, 6.45) is 17.9. The van der Waals surface area contributed by atoms with Crippen LogP contribution in [0.4, 0.5) is 0 Å². The molecular formula is C25H38N4. The molecule has 0 amide bonds. The van der Waals surface area contributed by atoms with Gasteiger partial charge < -0.3 is 0 Å². The quantitative estimate of drug-likeness (QED) is 0.452. The Kier molecular flexibility index (Phi) is 4.75. The van der Waals surface area contributed by atoms with E-state index in [1.807, 2.05) is 24.1 Å². The van der Waals surface area contributed by atoms with Crippen molar-refractivity contribution in [2.45, 2.75) is 85.0 Å². The summed E-state index contributed by atoms with van der Waals surface area (Å²) in [4.78, 5) is 0. The number of aromatic nitrogens is 2. The van der Waals surface area contributed by atoms with Gasteiger partial charge in [0.2, 0.25) is 0 Å². The highest BCUT2D eigenvalue weighted by Crippen LogP contribution is 2.65. The third-order valence-electron chi connectivity index (χ3n) is 9.97. The van der Waals surface area contributed by atoms with Crippen molar-refractivity contribution in [3.05, 3.63) is 17.5 Å². The Hall–Kier alpha value is -1.45. The number of fused-ring (bicyclic) bond motifs is 5. The molecule has 4 heteroatoms. The molecule has 29 heavy (non-hydrogen) atoms. The molecule has 0 unspecified atom stereocenters. The summed E-state index contributed by atoms with van der Waals surface area (Å²) in [6, 6.07) is 0. The highest BCUT2D eigenvalue weighted by atomic mass is 15.3. The Labute approximate surface area is 176 Å². The van der Waals surface area contributed by atoms with Crippen LogP contribution in [0, 0.1) is 41.4 Å². The van der Waals surface area contributed by atoms with Crippen molar-refractivity contribution in [2.24, 2.45) is 51.8 Å². The molecule has 0 aliphatic heterocycles. The molecule has 1 aromatic heterocycles. The first-order chi connectivity index (χ1) is 13.9. The summed E-state index contributed by atoms with van der Waals surface area (Å²) in [5.41, 5.74) is 4.49. The average molecular weight is 395 g/mol. The standard InChI is InChI=1S/C25H38N4/c1-17-18(16-27-29(17)4)15-26-28-23-11-10-21-20-9-8-19-7-5-6-13-24(19,2)22(20)12-14-25(21,23)3/h15-16,19-22H,5-14H2,1-4H3/b26-15-,28-23-/t19-,20-,21-,22-,24+,25-/m1/s1. The van der Waals surface area contributed by atoms with E-state index in [-0.39, 0.29) is 5.41 Å². The molecule has 4 fully saturated rings. The van der Waals surface area contributed by atoms with Crippen LogP contribution in [0.5, 0.6) is 0 Å². The molecule has 0 N–H and O–H groups in total. The Bertz CT molecular complexity index is 836. The molecule has 0 radical (unpaired) electrons. The second-order valence-corrected chi connectivity index (χ2v) is 11.0. The molecule has 1 aromatic rings. The van der Waals surface area contributed by atoms with Gasteiger partial charge in [0.05, 0.1) is 12.4 Å². The van der Waals surface area contributed by atoms with Gasteiger partial charge in [-0.3, -0.25) is 4.68 Å². The average Bonchev–Trinajstić information content (AvgIpc) is 3.21. The fourth-order valence-corrected chi connectivity index (χ4v) is 8.05. The van der Waals surface area contributed by atoms with Crippen molar-refractivity contribution in [3.8, 4) is 0 Å². The van der Waals surface area contributed by atoms with E-state index in [1.165, 1.54) is 63.5 Å². The van der Waals surface area contributed by atoms with Crippen LogP contribution in [0.15, 0.2) is 16.4 Å². The first-order valence-electron chi connectivity index (χ1n) is 12.0. The molecule has 5 rings (SSSR count). The molecule has 0 spiro atoms. The van der Waals surface area contributed by atoms with E-state index in [0.717, 1.165) is 41.3 Å². The predicted molar refractivity (Wildman–Crippen MR) is 119 cm³/mol. The van der Waals surface area contributed by atoms with Crippen LogP contribution in [0.1, 0.15) is 89.3 Å². The van der Waals surface area contributed by atoms with Crippen LogP contribution in [-0.2, 0) is 7.05 Å². The number of hydrogen-bond acceptors (Lipinski definition) is 3. The molecule has 4 nitrogen and oxygen atoms in total.